The van der Waals surface area contributed by atoms with Crippen molar-refractivity contribution in [2.75, 3.05) is 40.1 Å². The molecule has 1 atom stereocenters. The molecule has 0 saturated carbocycles. The number of rotatable bonds is 5. The molecule has 3 aliphatic rings. The maximum Gasteiger partial charge on any atom is 0.254 e. The number of ether oxygens (including phenoxy) is 3. The summed E-state index contributed by atoms with van der Waals surface area (Å²) in [6, 6.07) is 9.56. The third kappa shape index (κ3) is 3.69. The van der Waals surface area contributed by atoms with Crippen LogP contribution < -0.4 is 14.2 Å². The summed E-state index contributed by atoms with van der Waals surface area (Å²) >= 11 is 0. The average molecular weight is 409 g/mol. The van der Waals surface area contributed by atoms with Crippen LogP contribution >= 0.6 is 0 Å². The van der Waals surface area contributed by atoms with E-state index < -0.39 is 0 Å². The number of aromatic nitrogens is 1. The lowest BCUT2D eigenvalue weighted by Gasteiger charge is -2.28. The second-order valence-electron chi connectivity index (χ2n) is 8.15. The first kappa shape index (κ1) is 19.2. The number of carbonyl (C=O) groups is 1. The number of carbonyl (C=O) groups excluding carboxylic acids is 1. The predicted molar refractivity (Wildman–Crippen MR) is 112 cm³/mol. The van der Waals surface area contributed by atoms with Gasteiger partial charge in [-0.2, -0.15) is 0 Å². The Bertz CT molecular complexity index is 942. The molecule has 1 aromatic heterocycles. The van der Waals surface area contributed by atoms with E-state index >= 15 is 0 Å². The fourth-order valence-electron chi connectivity index (χ4n) is 4.66. The smallest absolute Gasteiger partial charge is 0.254 e. The Morgan fingerprint density at radius 1 is 1.10 bits per heavy atom. The molecule has 2 fully saturated rings. The molecule has 0 radical (unpaired) electrons. The Hall–Kier alpha value is -2.80. The fraction of sp³-hybridized carbons (Fsp3) is 0.478. The standard InChI is InChI=1S/C23H27N3O4/c1-28-22-13-17(11-19(24-22)16-6-7-20-21(12-16)30-15-29-20)23(27)26-10-4-5-18(26)14-25-8-2-3-9-25/h6-7,11-13,18H,2-5,8-10,14-15H2,1H3/t18-/m0/s1. The van der Waals surface area contributed by atoms with Gasteiger partial charge in [0.25, 0.3) is 5.91 Å². The lowest BCUT2D eigenvalue weighted by Crippen LogP contribution is -2.42. The molecule has 0 spiro atoms. The minimum atomic E-state index is 0.0550. The van der Waals surface area contributed by atoms with Gasteiger partial charge in [0.2, 0.25) is 12.7 Å². The Kier molecular flexibility index (Phi) is 5.21. The number of benzene rings is 1. The lowest BCUT2D eigenvalue weighted by atomic mass is 10.1. The first-order valence-electron chi connectivity index (χ1n) is 10.7. The van der Waals surface area contributed by atoms with E-state index in [2.05, 4.69) is 9.88 Å². The normalized spacial score (nSPS) is 20.7. The monoisotopic (exact) mass is 409 g/mol. The number of hydrogen-bond acceptors (Lipinski definition) is 6. The SMILES string of the molecule is COc1cc(C(=O)N2CCC[C@H]2CN2CCCC2)cc(-c2ccc3c(c2)OCO3)n1. The van der Waals surface area contributed by atoms with Crippen molar-refractivity contribution in [3.63, 3.8) is 0 Å². The van der Waals surface area contributed by atoms with Crippen LogP contribution in [0.25, 0.3) is 11.3 Å². The van der Waals surface area contributed by atoms with Gasteiger partial charge in [-0.25, -0.2) is 4.98 Å². The van der Waals surface area contributed by atoms with Crippen molar-refractivity contribution in [1.82, 2.24) is 14.8 Å². The average Bonchev–Trinajstić information content (AvgIpc) is 3.54. The fourth-order valence-corrected chi connectivity index (χ4v) is 4.66. The highest BCUT2D eigenvalue weighted by Crippen LogP contribution is 2.36. The molecule has 1 aromatic carbocycles. The molecule has 30 heavy (non-hydrogen) atoms. The largest absolute Gasteiger partial charge is 0.481 e. The molecule has 7 heteroatoms. The van der Waals surface area contributed by atoms with Crippen LogP contribution in [0, 0.1) is 0 Å². The summed E-state index contributed by atoms with van der Waals surface area (Å²) in [6.07, 6.45) is 4.66. The van der Waals surface area contributed by atoms with E-state index in [-0.39, 0.29) is 18.7 Å². The minimum absolute atomic E-state index is 0.0550. The van der Waals surface area contributed by atoms with Gasteiger partial charge in [0, 0.05) is 36.3 Å². The number of nitrogens with zero attached hydrogens (tertiary/aromatic N) is 3. The van der Waals surface area contributed by atoms with Crippen molar-refractivity contribution in [2.45, 2.75) is 31.7 Å². The Labute approximate surface area is 176 Å². The molecule has 0 unspecified atom stereocenters. The Morgan fingerprint density at radius 3 is 2.77 bits per heavy atom. The van der Waals surface area contributed by atoms with Gasteiger partial charge in [0.1, 0.15) is 0 Å². The van der Waals surface area contributed by atoms with Crippen LogP contribution in [0.5, 0.6) is 17.4 Å². The topological polar surface area (TPSA) is 64.1 Å². The third-order valence-corrected chi connectivity index (χ3v) is 6.23. The van der Waals surface area contributed by atoms with Crippen LogP contribution in [0.4, 0.5) is 0 Å². The molecular formula is C23H27N3O4. The van der Waals surface area contributed by atoms with Gasteiger partial charge in [-0.3, -0.25) is 4.79 Å². The molecule has 3 aliphatic heterocycles. The predicted octanol–water partition coefficient (Wildman–Crippen LogP) is 3.19. The first-order chi connectivity index (χ1) is 14.7. The van der Waals surface area contributed by atoms with Gasteiger partial charge in [0.05, 0.1) is 12.8 Å². The summed E-state index contributed by atoms with van der Waals surface area (Å²) in [6.45, 7) is 4.30. The summed E-state index contributed by atoms with van der Waals surface area (Å²) < 4.78 is 16.3. The zero-order chi connectivity index (χ0) is 20.5. The second kappa shape index (κ2) is 8.14. The number of likely N-dealkylation sites (tertiary alicyclic amines) is 2. The summed E-state index contributed by atoms with van der Waals surface area (Å²) in [5, 5.41) is 0. The van der Waals surface area contributed by atoms with Gasteiger partial charge in [0.15, 0.2) is 11.5 Å². The first-order valence-corrected chi connectivity index (χ1v) is 10.7. The zero-order valence-electron chi connectivity index (χ0n) is 17.3. The minimum Gasteiger partial charge on any atom is -0.481 e. The number of hydrogen-bond donors (Lipinski definition) is 0. The molecule has 7 nitrogen and oxygen atoms in total. The summed E-state index contributed by atoms with van der Waals surface area (Å²) in [4.78, 5) is 22.5. The molecule has 0 bridgehead atoms. The molecule has 0 aliphatic carbocycles. The van der Waals surface area contributed by atoms with Crippen LogP contribution in [0.15, 0.2) is 30.3 Å². The molecular weight excluding hydrogens is 382 g/mol. The van der Waals surface area contributed by atoms with Gasteiger partial charge in [-0.15, -0.1) is 0 Å². The molecule has 4 heterocycles. The van der Waals surface area contributed by atoms with E-state index in [0.29, 0.717) is 22.9 Å². The molecule has 0 N–H and O–H groups in total. The molecule has 5 rings (SSSR count). The van der Waals surface area contributed by atoms with Gasteiger partial charge < -0.3 is 24.0 Å². The maximum absolute atomic E-state index is 13.4. The maximum atomic E-state index is 13.4. The summed E-state index contributed by atoms with van der Waals surface area (Å²) in [5.74, 6) is 1.90. The second-order valence-corrected chi connectivity index (χ2v) is 8.15. The van der Waals surface area contributed by atoms with Gasteiger partial charge in [-0.1, -0.05) is 0 Å². The van der Waals surface area contributed by atoms with E-state index in [0.717, 1.165) is 50.3 Å². The van der Waals surface area contributed by atoms with Crippen LogP contribution in [-0.2, 0) is 0 Å². The zero-order valence-corrected chi connectivity index (χ0v) is 17.3. The molecule has 2 aromatic rings. The van der Waals surface area contributed by atoms with Crippen molar-refractivity contribution in [3.05, 3.63) is 35.9 Å². The van der Waals surface area contributed by atoms with Gasteiger partial charge in [-0.05, 0) is 63.0 Å². The Morgan fingerprint density at radius 2 is 1.93 bits per heavy atom. The van der Waals surface area contributed by atoms with E-state index in [9.17, 15) is 4.79 Å². The van der Waals surface area contributed by atoms with E-state index in [1.54, 1.807) is 13.2 Å². The van der Waals surface area contributed by atoms with Crippen LogP contribution in [0.3, 0.4) is 0 Å². The summed E-state index contributed by atoms with van der Waals surface area (Å²) in [5.41, 5.74) is 2.16. The Balaban J connectivity index is 1.42. The van der Waals surface area contributed by atoms with Crippen LogP contribution in [0.2, 0.25) is 0 Å². The third-order valence-electron chi connectivity index (χ3n) is 6.23. The van der Waals surface area contributed by atoms with Crippen molar-refractivity contribution < 1.29 is 19.0 Å². The molecule has 2 saturated heterocycles. The highest BCUT2D eigenvalue weighted by atomic mass is 16.7. The summed E-state index contributed by atoms with van der Waals surface area (Å²) in [7, 11) is 1.58. The van der Waals surface area contributed by atoms with Crippen molar-refractivity contribution in [2.24, 2.45) is 0 Å². The molecule has 1 amide bonds. The van der Waals surface area contributed by atoms with Crippen LogP contribution in [0.1, 0.15) is 36.0 Å². The van der Waals surface area contributed by atoms with E-state index in [4.69, 9.17) is 14.2 Å². The lowest BCUT2D eigenvalue weighted by molar-refractivity contribution is 0.0708. The van der Waals surface area contributed by atoms with Crippen LogP contribution in [-0.4, -0.2) is 66.8 Å². The number of pyridine rings is 1. The van der Waals surface area contributed by atoms with Crippen molar-refractivity contribution >= 4 is 5.91 Å². The van der Waals surface area contributed by atoms with E-state index in [1.165, 1.54) is 12.8 Å². The van der Waals surface area contributed by atoms with Crippen molar-refractivity contribution in [1.29, 1.82) is 0 Å². The quantitative estimate of drug-likeness (QED) is 0.756. The van der Waals surface area contributed by atoms with Crippen molar-refractivity contribution in [3.8, 4) is 28.6 Å². The number of methoxy groups -OCH3 is 1. The van der Waals surface area contributed by atoms with Gasteiger partial charge >= 0.3 is 0 Å². The van der Waals surface area contributed by atoms with E-state index in [1.807, 2.05) is 29.2 Å². The highest BCUT2D eigenvalue weighted by molar-refractivity contribution is 5.96. The number of amides is 1. The molecule has 158 valence electrons. The number of fused-ring (bicyclic) bond motifs is 1. The highest BCUT2D eigenvalue weighted by Gasteiger charge is 2.32.